The van der Waals surface area contributed by atoms with E-state index in [0.29, 0.717) is 59.4 Å². The van der Waals surface area contributed by atoms with Crippen LogP contribution in [0.1, 0.15) is 30.0 Å². The number of ether oxygens (including phenoxy) is 2. The highest BCUT2D eigenvalue weighted by molar-refractivity contribution is 7.99. The van der Waals surface area contributed by atoms with Gasteiger partial charge < -0.3 is 19.2 Å². The zero-order chi connectivity index (χ0) is 30.8. The highest BCUT2D eigenvalue weighted by Crippen LogP contribution is 2.37. The topological polar surface area (TPSA) is 121 Å². The summed E-state index contributed by atoms with van der Waals surface area (Å²) in [7, 11) is 3.10. The van der Waals surface area contributed by atoms with Gasteiger partial charge in [-0.05, 0) is 68.1 Å². The Morgan fingerprint density at radius 2 is 1.89 bits per heavy atom. The van der Waals surface area contributed by atoms with Gasteiger partial charge in [-0.3, -0.25) is 14.2 Å². The Hall–Kier alpha value is -4.94. The van der Waals surface area contributed by atoms with Gasteiger partial charge in [-0.2, -0.15) is 0 Å². The highest BCUT2D eigenvalue weighted by atomic mass is 32.2. The van der Waals surface area contributed by atoms with E-state index in [1.54, 1.807) is 68.8 Å². The van der Waals surface area contributed by atoms with Crippen LogP contribution >= 0.6 is 23.1 Å². The van der Waals surface area contributed by atoms with Gasteiger partial charge in [0.1, 0.15) is 23.3 Å². The van der Waals surface area contributed by atoms with Crippen molar-refractivity contribution in [2.24, 2.45) is 4.99 Å². The Labute approximate surface area is 260 Å². The summed E-state index contributed by atoms with van der Waals surface area (Å²) in [6, 6.07) is 19.0. The number of hydrogen-bond donors (Lipinski definition) is 1. The predicted molar refractivity (Wildman–Crippen MR) is 168 cm³/mol. The van der Waals surface area contributed by atoms with Crippen molar-refractivity contribution in [3.8, 4) is 11.5 Å². The number of nitrogens with zero attached hydrogens (tertiary/aromatic N) is 4. The average Bonchev–Trinajstić information content (AvgIpc) is 3.59. The lowest BCUT2D eigenvalue weighted by Crippen LogP contribution is -2.40. The molecule has 1 aliphatic rings. The van der Waals surface area contributed by atoms with Crippen LogP contribution in [-0.4, -0.2) is 34.7 Å². The molecule has 1 N–H and O–H groups in total. The number of thiazole rings is 1. The quantitative estimate of drug-likeness (QED) is 0.246. The summed E-state index contributed by atoms with van der Waals surface area (Å²) in [4.78, 5) is 41.8. The summed E-state index contributed by atoms with van der Waals surface area (Å²) in [6.07, 6.45) is 3.37. The van der Waals surface area contributed by atoms with Gasteiger partial charge in [-0.1, -0.05) is 29.5 Å². The molecule has 1 aliphatic heterocycles. The summed E-state index contributed by atoms with van der Waals surface area (Å²) in [5.74, 6) is 1.16. The smallest absolute Gasteiger partial charge is 0.271 e. The van der Waals surface area contributed by atoms with E-state index in [1.165, 1.54) is 34.8 Å². The second kappa shape index (κ2) is 12.3. The van der Waals surface area contributed by atoms with Crippen molar-refractivity contribution < 1.29 is 18.7 Å². The zero-order valence-electron chi connectivity index (χ0n) is 24.2. The number of aryl methyl sites for hydroxylation is 1. The van der Waals surface area contributed by atoms with Crippen LogP contribution in [0.5, 0.6) is 11.5 Å². The molecule has 44 heavy (non-hydrogen) atoms. The number of rotatable bonds is 8. The Morgan fingerprint density at radius 3 is 2.64 bits per heavy atom. The van der Waals surface area contributed by atoms with E-state index in [-0.39, 0.29) is 11.5 Å². The molecule has 0 saturated carbocycles. The monoisotopic (exact) mass is 625 g/mol. The van der Waals surface area contributed by atoms with Crippen LogP contribution in [0.15, 0.2) is 109 Å². The van der Waals surface area contributed by atoms with Gasteiger partial charge in [0.05, 0.1) is 30.0 Å². The molecule has 1 atom stereocenters. The molecule has 4 heterocycles. The van der Waals surface area contributed by atoms with Crippen molar-refractivity contribution in [2.75, 3.05) is 19.5 Å². The third-order valence-corrected chi connectivity index (χ3v) is 8.66. The fourth-order valence-electron chi connectivity index (χ4n) is 4.83. The number of carbonyl (C=O) groups excluding carboxylic acids is 1. The zero-order valence-corrected chi connectivity index (χ0v) is 25.9. The molecule has 3 aromatic heterocycles. The number of anilines is 1. The maximum atomic E-state index is 14.1. The Morgan fingerprint density at radius 1 is 1.07 bits per heavy atom. The van der Waals surface area contributed by atoms with Gasteiger partial charge >= 0.3 is 0 Å². The van der Waals surface area contributed by atoms with Crippen LogP contribution in [0.2, 0.25) is 0 Å². The number of carbonyl (C=O) groups is 1. The van der Waals surface area contributed by atoms with Gasteiger partial charge in [-0.25, -0.2) is 15.0 Å². The molecule has 12 heteroatoms. The molecule has 5 aromatic rings. The van der Waals surface area contributed by atoms with E-state index >= 15 is 0 Å². The normalized spacial score (nSPS) is 14.6. The lowest BCUT2D eigenvalue weighted by atomic mass is 9.94. The standard InChI is InChI=1S/C32H27N5O5S2/c1-18-14-15-33-31(34-18)44-26-13-11-22(42-26)17-25-30(39)37-28(23-12-10-21(40-3)16-24(23)41-4)27(19(2)35-32(37)43-25)29(38)36-20-8-6-5-7-9-20/h5-17,28H,1-4H3,(H,36,38)/b25-17+/t28-/m0/s1. The minimum Gasteiger partial charge on any atom is -0.497 e. The largest absolute Gasteiger partial charge is 0.497 e. The fourth-order valence-corrected chi connectivity index (χ4v) is 6.62. The Kier molecular flexibility index (Phi) is 8.18. The number of methoxy groups -OCH3 is 2. The number of hydrogen-bond acceptors (Lipinski definition) is 10. The first-order valence-electron chi connectivity index (χ1n) is 13.5. The lowest BCUT2D eigenvalue weighted by molar-refractivity contribution is -0.113. The van der Waals surface area contributed by atoms with Crippen LogP contribution in [0.25, 0.3) is 6.08 Å². The van der Waals surface area contributed by atoms with Crippen molar-refractivity contribution in [3.63, 3.8) is 0 Å². The van der Waals surface area contributed by atoms with E-state index in [4.69, 9.17) is 18.9 Å². The van der Waals surface area contributed by atoms with Gasteiger partial charge in [0.15, 0.2) is 15.1 Å². The van der Waals surface area contributed by atoms with E-state index in [1.807, 2.05) is 31.2 Å². The summed E-state index contributed by atoms with van der Waals surface area (Å²) >= 11 is 2.51. The molecule has 0 unspecified atom stereocenters. The van der Waals surface area contributed by atoms with Gasteiger partial charge in [0.2, 0.25) is 0 Å². The average molecular weight is 626 g/mol. The van der Waals surface area contributed by atoms with Crippen molar-refractivity contribution in [3.05, 3.63) is 121 Å². The summed E-state index contributed by atoms with van der Waals surface area (Å²) in [5.41, 5.74) is 2.59. The number of benzene rings is 2. The fraction of sp³-hybridized carbons (Fsp3) is 0.156. The van der Waals surface area contributed by atoms with E-state index in [2.05, 4.69) is 15.3 Å². The second-order valence-corrected chi connectivity index (χ2v) is 11.7. The van der Waals surface area contributed by atoms with Crippen LogP contribution in [0.3, 0.4) is 0 Å². The first-order valence-corrected chi connectivity index (χ1v) is 15.2. The Balaban J connectivity index is 1.45. The Bertz CT molecular complexity index is 2080. The van der Waals surface area contributed by atoms with Gasteiger partial charge in [0.25, 0.3) is 11.5 Å². The number of aromatic nitrogens is 3. The highest BCUT2D eigenvalue weighted by Gasteiger charge is 2.34. The molecule has 222 valence electrons. The van der Waals surface area contributed by atoms with E-state index in [9.17, 15) is 9.59 Å². The number of nitrogens with one attached hydrogen (secondary N) is 1. The second-order valence-electron chi connectivity index (χ2n) is 9.75. The maximum Gasteiger partial charge on any atom is 0.271 e. The molecule has 0 saturated heterocycles. The molecule has 2 aromatic carbocycles. The summed E-state index contributed by atoms with van der Waals surface area (Å²) in [6.45, 7) is 3.66. The number of allylic oxidation sites excluding steroid dienone is 1. The number of para-hydroxylation sites is 1. The van der Waals surface area contributed by atoms with E-state index in [0.717, 1.165) is 5.69 Å². The number of furan rings is 1. The van der Waals surface area contributed by atoms with E-state index < -0.39 is 6.04 Å². The molecule has 0 fully saturated rings. The third kappa shape index (κ3) is 5.81. The lowest BCUT2D eigenvalue weighted by Gasteiger charge is -2.26. The van der Waals surface area contributed by atoms with Crippen LogP contribution in [0.4, 0.5) is 5.69 Å². The molecule has 0 bridgehead atoms. The van der Waals surface area contributed by atoms with Crippen molar-refractivity contribution in [2.45, 2.75) is 30.1 Å². The van der Waals surface area contributed by atoms with Gasteiger partial charge in [0, 0.05) is 35.3 Å². The number of amides is 1. The first-order chi connectivity index (χ1) is 21.3. The summed E-state index contributed by atoms with van der Waals surface area (Å²) in [5, 5.41) is 4.11. The van der Waals surface area contributed by atoms with Crippen molar-refractivity contribution >= 4 is 40.8 Å². The molecule has 0 spiro atoms. The molecular weight excluding hydrogens is 599 g/mol. The molecular formula is C32H27N5O5S2. The summed E-state index contributed by atoms with van der Waals surface area (Å²) < 4.78 is 19.0. The number of fused-ring (bicyclic) bond motifs is 1. The minimum atomic E-state index is -0.820. The minimum absolute atomic E-state index is 0.318. The third-order valence-electron chi connectivity index (χ3n) is 6.87. The molecule has 10 nitrogen and oxygen atoms in total. The molecule has 6 rings (SSSR count). The van der Waals surface area contributed by atoms with Crippen molar-refractivity contribution in [1.29, 1.82) is 0 Å². The maximum absolute atomic E-state index is 14.1. The molecule has 0 aliphatic carbocycles. The first kappa shape index (κ1) is 29.1. The van der Waals surface area contributed by atoms with Crippen LogP contribution in [0, 0.1) is 6.92 Å². The van der Waals surface area contributed by atoms with Gasteiger partial charge in [-0.15, -0.1) is 0 Å². The molecule has 1 amide bonds. The molecule has 0 radical (unpaired) electrons. The predicted octanol–water partition coefficient (Wildman–Crippen LogP) is 4.73. The SMILES string of the molecule is COc1ccc([C@H]2C(C(=O)Nc3ccccc3)=C(C)N=c3s/c(=C/c4ccc(Sc5nccc(C)n5)o4)c(=O)n32)c(OC)c1. The van der Waals surface area contributed by atoms with Crippen molar-refractivity contribution in [1.82, 2.24) is 14.5 Å². The van der Waals surface area contributed by atoms with Crippen LogP contribution < -0.4 is 29.7 Å². The van der Waals surface area contributed by atoms with Crippen LogP contribution in [-0.2, 0) is 4.79 Å².